The number of para-hydroxylation sites is 1. The van der Waals surface area contributed by atoms with Crippen LogP contribution in [0.4, 0.5) is 0 Å². The highest BCUT2D eigenvalue weighted by Gasteiger charge is 2.17. The van der Waals surface area contributed by atoms with Crippen molar-refractivity contribution in [2.45, 2.75) is 25.6 Å². The van der Waals surface area contributed by atoms with E-state index in [0.717, 1.165) is 35.2 Å². The van der Waals surface area contributed by atoms with E-state index in [2.05, 4.69) is 15.9 Å². The summed E-state index contributed by atoms with van der Waals surface area (Å²) >= 11 is 3.42. The number of aliphatic hydroxyl groups is 1. The van der Waals surface area contributed by atoms with Gasteiger partial charge in [0.25, 0.3) is 0 Å². The third kappa shape index (κ3) is 2.75. The smallest absolute Gasteiger partial charge is 0.139 e. The molecule has 2 rings (SSSR count). The molecule has 16 heavy (non-hydrogen) atoms. The average Bonchev–Trinajstić information content (AvgIpc) is 2.80. The SMILES string of the molecule is OCc1cccc(Br)c1OCC1CCCO1. The lowest BCUT2D eigenvalue weighted by atomic mass is 10.2. The molecule has 1 fully saturated rings. The molecular weight excluding hydrogens is 272 g/mol. The van der Waals surface area contributed by atoms with Gasteiger partial charge in [-0.1, -0.05) is 12.1 Å². The zero-order valence-corrected chi connectivity index (χ0v) is 10.6. The van der Waals surface area contributed by atoms with Crippen LogP contribution in [-0.4, -0.2) is 24.4 Å². The number of rotatable bonds is 4. The van der Waals surface area contributed by atoms with E-state index in [1.807, 2.05) is 18.2 Å². The Labute approximate surface area is 104 Å². The van der Waals surface area contributed by atoms with Gasteiger partial charge < -0.3 is 14.6 Å². The zero-order valence-electron chi connectivity index (χ0n) is 8.99. The summed E-state index contributed by atoms with van der Waals surface area (Å²) in [6.45, 7) is 1.37. The Hall–Kier alpha value is -0.580. The van der Waals surface area contributed by atoms with Crippen LogP contribution in [0, 0.1) is 0 Å². The number of benzene rings is 1. The van der Waals surface area contributed by atoms with Crippen LogP contribution in [0.3, 0.4) is 0 Å². The highest BCUT2D eigenvalue weighted by atomic mass is 79.9. The van der Waals surface area contributed by atoms with Crippen molar-refractivity contribution in [3.63, 3.8) is 0 Å². The molecule has 1 heterocycles. The van der Waals surface area contributed by atoms with Gasteiger partial charge >= 0.3 is 0 Å². The third-order valence-electron chi connectivity index (χ3n) is 2.66. The van der Waals surface area contributed by atoms with E-state index in [4.69, 9.17) is 9.47 Å². The van der Waals surface area contributed by atoms with Crippen LogP contribution >= 0.6 is 15.9 Å². The van der Waals surface area contributed by atoms with Gasteiger partial charge in [0, 0.05) is 12.2 Å². The predicted octanol–water partition coefficient (Wildman–Crippen LogP) is 2.50. The molecule has 1 saturated heterocycles. The lowest BCUT2D eigenvalue weighted by Gasteiger charge is -2.15. The molecule has 1 unspecified atom stereocenters. The molecule has 0 bridgehead atoms. The van der Waals surface area contributed by atoms with Crippen molar-refractivity contribution in [3.8, 4) is 5.75 Å². The van der Waals surface area contributed by atoms with Crippen molar-refractivity contribution >= 4 is 15.9 Å². The van der Waals surface area contributed by atoms with Crippen molar-refractivity contribution in [1.82, 2.24) is 0 Å². The van der Waals surface area contributed by atoms with E-state index in [-0.39, 0.29) is 12.7 Å². The zero-order chi connectivity index (χ0) is 11.4. The number of hydrogen-bond donors (Lipinski definition) is 1. The van der Waals surface area contributed by atoms with Crippen molar-refractivity contribution in [1.29, 1.82) is 0 Å². The van der Waals surface area contributed by atoms with E-state index in [1.165, 1.54) is 0 Å². The van der Waals surface area contributed by atoms with Gasteiger partial charge in [-0.25, -0.2) is 0 Å². The highest BCUT2D eigenvalue weighted by molar-refractivity contribution is 9.10. The Balaban J connectivity index is 2.01. The van der Waals surface area contributed by atoms with E-state index >= 15 is 0 Å². The second-order valence-corrected chi connectivity index (χ2v) is 4.69. The molecule has 4 heteroatoms. The normalized spacial score (nSPS) is 20.0. The van der Waals surface area contributed by atoms with E-state index < -0.39 is 0 Å². The first-order chi connectivity index (χ1) is 7.81. The monoisotopic (exact) mass is 286 g/mol. The summed E-state index contributed by atoms with van der Waals surface area (Å²) in [5.74, 6) is 0.723. The minimum Gasteiger partial charge on any atom is -0.489 e. The summed E-state index contributed by atoms with van der Waals surface area (Å²) in [6, 6.07) is 5.65. The summed E-state index contributed by atoms with van der Waals surface area (Å²) in [4.78, 5) is 0. The molecule has 0 aromatic heterocycles. The van der Waals surface area contributed by atoms with E-state index in [1.54, 1.807) is 0 Å². The first-order valence-electron chi connectivity index (χ1n) is 5.44. The van der Waals surface area contributed by atoms with E-state index in [9.17, 15) is 5.11 Å². The van der Waals surface area contributed by atoms with Gasteiger partial charge in [-0.3, -0.25) is 0 Å². The van der Waals surface area contributed by atoms with Crippen LogP contribution in [0.25, 0.3) is 0 Å². The molecule has 1 atom stereocenters. The molecule has 1 aromatic carbocycles. The van der Waals surface area contributed by atoms with Crippen LogP contribution in [0.5, 0.6) is 5.75 Å². The Morgan fingerprint density at radius 1 is 1.50 bits per heavy atom. The largest absolute Gasteiger partial charge is 0.489 e. The van der Waals surface area contributed by atoms with Gasteiger partial charge in [0.15, 0.2) is 0 Å². The molecule has 1 aliphatic rings. The summed E-state index contributed by atoms with van der Waals surface area (Å²) < 4.78 is 12.1. The average molecular weight is 287 g/mol. The second-order valence-electron chi connectivity index (χ2n) is 3.83. The molecule has 0 amide bonds. The molecule has 1 aromatic rings. The molecule has 0 aliphatic carbocycles. The minimum atomic E-state index is -0.0136. The van der Waals surface area contributed by atoms with Gasteiger partial charge in [0.1, 0.15) is 12.4 Å². The Morgan fingerprint density at radius 3 is 3.06 bits per heavy atom. The van der Waals surface area contributed by atoms with Crippen LogP contribution in [0.1, 0.15) is 18.4 Å². The number of aliphatic hydroxyl groups excluding tert-OH is 1. The predicted molar refractivity (Wildman–Crippen MR) is 64.5 cm³/mol. The Morgan fingerprint density at radius 2 is 2.38 bits per heavy atom. The maximum atomic E-state index is 9.20. The van der Waals surface area contributed by atoms with Gasteiger partial charge in [-0.2, -0.15) is 0 Å². The van der Waals surface area contributed by atoms with Crippen molar-refractivity contribution in [2.24, 2.45) is 0 Å². The fourth-order valence-electron chi connectivity index (χ4n) is 1.79. The summed E-state index contributed by atoms with van der Waals surface area (Å²) in [7, 11) is 0. The van der Waals surface area contributed by atoms with Crippen LogP contribution in [-0.2, 0) is 11.3 Å². The van der Waals surface area contributed by atoms with Gasteiger partial charge in [-0.05, 0) is 34.8 Å². The summed E-state index contributed by atoms with van der Waals surface area (Å²) in [6.07, 6.45) is 2.36. The van der Waals surface area contributed by atoms with Crippen LogP contribution in [0.15, 0.2) is 22.7 Å². The van der Waals surface area contributed by atoms with Gasteiger partial charge in [0.2, 0.25) is 0 Å². The summed E-state index contributed by atoms with van der Waals surface area (Å²) in [5, 5.41) is 9.20. The quantitative estimate of drug-likeness (QED) is 0.924. The maximum absolute atomic E-state index is 9.20. The minimum absolute atomic E-state index is 0.0136. The molecule has 0 saturated carbocycles. The fraction of sp³-hybridized carbons (Fsp3) is 0.500. The van der Waals surface area contributed by atoms with Crippen LogP contribution in [0.2, 0.25) is 0 Å². The lowest BCUT2D eigenvalue weighted by Crippen LogP contribution is -2.17. The molecule has 1 aliphatic heterocycles. The second kappa shape index (κ2) is 5.66. The lowest BCUT2D eigenvalue weighted by molar-refractivity contribution is 0.0668. The van der Waals surface area contributed by atoms with Gasteiger partial charge in [-0.15, -0.1) is 0 Å². The first-order valence-corrected chi connectivity index (χ1v) is 6.23. The fourth-order valence-corrected chi connectivity index (χ4v) is 2.31. The maximum Gasteiger partial charge on any atom is 0.139 e. The van der Waals surface area contributed by atoms with Crippen molar-refractivity contribution < 1.29 is 14.6 Å². The Kier molecular flexibility index (Phi) is 4.21. The number of halogens is 1. The molecule has 1 N–H and O–H groups in total. The third-order valence-corrected chi connectivity index (χ3v) is 3.28. The molecular formula is C12H15BrO3. The van der Waals surface area contributed by atoms with E-state index in [0.29, 0.717) is 6.61 Å². The molecule has 88 valence electrons. The molecule has 0 radical (unpaired) electrons. The highest BCUT2D eigenvalue weighted by Crippen LogP contribution is 2.29. The molecule has 3 nitrogen and oxygen atoms in total. The topological polar surface area (TPSA) is 38.7 Å². The Bertz CT molecular complexity index is 348. The number of hydrogen-bond acceptors (Lipinski definition) is 3. The van der Waals surface area contributed by atoms with Crippen molar-refractivity contribution in [3.05, 3.63) is 28.2 Å². The summed E-state index contributed by atoms with van der Waals surface area (Å²) in [5.41, 5.74) is 0.798. The number of ether oxygens (including phenoxy) is 2. The molecule has 0 spiro atoms. The van der Waals surface area contributed by atoms with Crippen molar-refractivity contribution in [2.75, 3.05) is 13.2 Å². The van der Waals surface area contributed by atoms with Gasteiger partial charge in [0.05, 0.1) is 17.2 Å². The standard InChI is InChI=1S/C12H15BrO3/c13-11-5-1-3-9(7-14)12(11)16-8-10-4-2-6-15-10/h1,3,5,10,14H,2,4,6-8H2. The van der Waals surface area contributed by atoms with Crippen LogP contribution < -0.4 is 4.74 Å². The first kappa shape index (κ1) is 11.9.